The fraction of sp³-hybridized carbons (Fsp3) is 0.263. The van der Waals surface area contributed by atoms with Gasteiger partial charge in [-0.3, -0.25) is 4.79 Å². The fourth-order valence-electron chi connectivity index (χ4n) is 2.26. The smallest absolute Gasteiger partial charge is 0.315 e. The second-order valence-electron chi connectivity index (χ2n) is 6.22. The van der Waals surface area contributed by atoms with Crippen LogP contribution in [-0.2, 0) is 21.4 Å². The molecule has 156 valence electrons. The molecule has 0 radical (unpaired) electrons. The molecule has 0 fully saturated rings. The van der Waals surface area contributed by atoms with Crippen LogP contribution in [-0.4, -0.2) is 40.0 Å². The molecular weight excluding hydrogens is 399 g/mol. The molecule has 0 saturated carbocycles. The molecule has 0 aromatic heterocycles. The van der Waals surface area contributed by atoms with Crippen molar-refractivity contribution in [2.75, 3.05) is 19.6 Å². The first kappa shape index (κ1) is 22.3. The minimum Gasteiger partial charge on any atom is -0.353 e. The SMILES string of the molecule is Cc1ccc(S(=O)(=O)NCCNC(=O)CNC(=O)NCc2ccc(F)cc2)cc1. The molecule has 0 unspecified atom stereocenters. The van der Waals surface area contributed by atoms with Gasteiger partial charge in [0.25, 0.3) is 0 Å². The zero-order chi connectivity index (χ0) is 21.3. The lowest BCUT2D eigenvalue weighted by Gasteiger charge is -2.10. The summed E-state index contributed by atoms with van der Waals surface area (Å²) >= 11 is 0. The molecule has 3 amide bonds. The maximum atomic E-state index is 12.8. The highest BCUT2D eigenvalue weighted by atomic mass is 32.2. The Morgan fingerprint density at radius 3 is 2.21 bits per heavy atom. The highest BCUT2D eigenvalue weighted by Crippen LogP contribution is 2.09. The van der Waals surface area contributed by atoms with E-state index >= 15 is 0 Å². The highest BCUT2D eigenvalue weighted by Gasteiger charge is 2.13. The lowest BCUT2D eigenvalue weighted by Crippen LogP contribution is -2.43. The average Bonchev–Trinajstić information content (AvgIpc) is 2.69. The van der Waals surface area contributed by atoms with Crippen LogP contribution in [0.3, 0.4) is 0 Å². The number of hydrogen-bond donors (Lipinski definition) is 4. The first-order valence-corrected chi connectivity index (χ1v) is 10.3. The molecule has 0 saturated heterocycles. The zero-order valence-electron chi connectivity index (χ0n) is 15.9. The second-order valence-corrected chi connectivity index (χ2v) is 7.99. The summed E-state index contributed by atoms with van der Waals surface area (Å²) in [6, 6.07) is 11.5. The van der Waals surface area contributed by atoms with Gasteiger partial charge in [0.15, 0.2) is 0 Å². The fourth-order valence-corrected chi connectivity index (χ4v) is 3.29. The van der Waals surface area contributed by atoms with E-state index in [0.717, 1.165) is 5.56 Å². The number of rotatable bonds is 9. The van der Waals surface area contributed by atoms with E-state index in [1.54, 1.807) is 24.3 Å². The Labute approximate surface area is 168 Å². The minimum absolute atomic E-state index is 0.0126. The van der Waals surface area contributed by atoms with Crippen LogP contribution in [0.5, 0.6) is 0 Å². The van der Waals surface area contributed by atoms with Crippen LogP contribution in [0.2, 0.25) is 0 Å². The third-order valence-corrected chi connectivity index (χ3v) is 5.32. The van der Waals surface area contributed by atoms with E-state index in [9.17, 15) is 22.4 Å². The largest absolute Gasteiger partial charge is 0.353 e. The first-order chi connectivity index (χ1) is 13.8. The maximum absolute atomic E-state index is 12.8. The van der Waals surface area contributed by atoms with Gasteiger partial charge >= 0.3 is 6.03 Å². The van der Waals surface area contributed by atoms with Crippen LogP contribution in [0.4, 0.5) is 9.18 Å². The molecule has 2 aromatic carbocycles. The van der Waals surface area contributed by atoms with Crippen LogP contribution < -0.4 is 20.7 Å². The quantitative estimate of drug-likeness (QED) is 0.452. The molecule has 0 heterocycles. The summed E-state index contributed by atoms with van der Waals surface area (Å²) in [7, 11) is -3.64. The number of carbonyl (C=O) groups excluding carboxylic acids is 2. The van der Waals surface area contributed by atoms with Gasteiger partial charge < -0.3 is 16.0 Å². The number of amides is 3. The number of halogens is 1. The number of nitrogens with one attached hydrogen (secondary N) is 4. The molecule has 8 nitrogen and oxygen atoms in total. The Hall–Kier alpha value is -2.98. The number of sulfonamides is 1. The van der Waals surface area contributed by atoms with Gasteiger partial charge in [0.05, 0.1) is 11.4 Å². The summed E-state index contributed by atoms with van der Waals surface area (Å²) in [5.74, 6) is -0.826. The lowest BCUT2D eigenvalue weighted by atomic mass is 10.2. The van der Waals surface area contributed by atoms with Gasteiger partial charge in [-0.2, -0.15) is 0 Å². The number of carbonyl (C=O) groups is 2. The van der Waals surface area contributed by atoms with Gasteiger partial charge in [-0.15, -0.1) is 0 Å². The third-order valence-electron chi connectivity index (χ3n) is 3.85. The molecule has 2 rings (SSSR count). The van der Waals surface area contributed by atoms with Crippen molar-refractivity contribution in [3.63, 3.8) is 0 Å². The van der Waals surface area contributed by atoms with E-state index < -0.39 is 22.0 Å². The Kier molecular flexibility index (Phi) is 8.10. The van der Waals surface area contributed by atoms with Gasteiger partial charge in [-0.25, -0.2) is 22.3 Å². The van der Waals surface area contributed by atoms with E-state index in [1.165, 1.54) is 24.3 Å². The first-order valence-electron chi connectivity index (χ1n) is 8.85. The molecule has 0 aliphatic heterocycles. The van der Waals surface area contributed by atoms with Crippen molar-refractivity contribution in [2.24, 2.45) is 0 Å². The Bertz CT molecular complexity index is 932. The normalized spacial score (nSPS) is 11.0. The molecule has 0 aliphatic rings. The van der Waals surface area contributed by atoms with Gasteiger partial charge in [-0.1, -0.05) is 29.8 Å². The molecular formula is C19H23FN4O4S. The standard InChI is InChI=1S/C19H23FN4O4S/c1-14-2-8-17(9-3-14)29(27,28)24-11-10-21-18(25)13-23-19(26)22-12-15-4-6-16(20)7-5-15/h2-9,24H,10-13H2,1H3,(H,21,25)(H2,22,23,26). The summed E-state index contributed by atoms with van der Waals surface area (Å²) in [4.78, 5) is 23.5. The van der Waals surface area contributed by atoms with Gasteiger partial charge in [0, 0.05) is 19.6 Å². The van der Waals surface area contributed by atoms with Gasteiger partial charge in [0.2, 0.25) is 15.9 Å². The van der Waals surface area contributed by atoms with Crippen molar-refractivity contribution >= 4 is 22.0 Å². The van der Waals surface area contributed by atoms with Crippen LogP contribution in [0.25, 0.3) is 0 Å². The molecule has 0 aliphatic carbocycles. The van der Waals surface area contributed by atoms with E-state index in [1.807, 2.05) is 6.92 Å². The Balaban J connectivity index is 1.62. The molecule has 29 heavy (non-hydrogen) atoms. The van der Waals surface area contributed by atoms with E-state index in [-0.39, 0.29) is 36.9 Å². The van der Waals surface area contributed by atoms with Gasteiger partial charge in [-0.05, 0) is 36.8 Å². The molecule has 0 atom stereocenters. The lowest BCUT2D eigenvalue weighted by molar-refractivity contribution is -0.120. The van der Waals surface area contributed by atoms with Crippen LogP contribution in [0.15, 0.2) is 53.4 Å². The predicted octanol–water partition coefficient (Wildman–Crippen LogP) is 1.03. The second kappa shape index (κ2) is 10.5. The predicted molar refractivity (Wildman–Crippen MR) is 106 cm³/mol. The van der Waals surface area contributed by atoms with Crippen molar-refractivity contribution in [2.45, 2.75) is 18.4 Å². The number of urea groups is 1. The summed E-state index contributed by atoms with van der Waals surface area (Å²) in [5, 5.41) is 7.42. The van der Waals surface area contributed by atoms with Crippen molar-refractivity contribution < 1.29 is 22.4 Å². The van der Waals surface area contributed by atoms with E-state index in [4.69, 9.17) is 0 Å². The Morgan fingerprint density at radius 1 is 0.897 bits per heavy atom. The summed E-state index contributed by atoms with van der Waals surface area (Å²) in [6.45, 7) is 1.87. The Morgan fingerprint density at radius 2 is 1.55 bits per heavy atom. The zero-order valence-corrected chi connectivity index (χ0v) is 16.7. The van der Waals surface area contributed by atoms with Crippen LogP contribution >= 0.6 is 0 Å². The topological polar surface area (TPSA) is 116 Å². The summed E-state index contributed by atoms with van der Waals surface area (Å²) in [6.07, 6.45) is 0. The summed E-state index contributed by atoms with van der Waals surface area (Å²) in [5.41, 5.74) is 1.66. The highest BCUT2D eigenvalue weighted by molar-refractivity contribution is 7.89. The molecule has 2 aromatic rings. The van der Waals surface area contributed by atoms with Gasteiger partial charge in [0.1, 0.15) is 5.82 Å². The molecule has 10 heteroatoms. The van der Waals surface area contributed by atoms with Crippen molar-refractivity contribution in [3.05, 3.63) is 65.5 Å². The molecule has 4 N–H and O–H groups in total. The maximum Gasteiger partial charge on any atom is 0.315 e. The minimum atomic E-state index is -3.64. The van der Waals surface area contributed by atoms with E-state index in [2.05, 4.69) is 20.7 Å². The van der Waals surface area contributed by atoms with Crippen molar-refractivity contribution in [3.8, 4) is 0 Å². The summed E-state index contributed by atoms with van der Waals surface area (Å²) < 4.78 is 39.4. The number of hydrogen-bond acceptors (Lipinski definition) is 4. The number of aryl methyl sites for hydroxylation is 1. The van der Waals surface area contributed by atoms with Crippen LogP contribution in [0, 0.1) is 12.7 Å². The monoisotopic (exact) mass is 422 g/mol. The van der Waals surface area contributed by atoms with Crippen LogP contribution in [0.1, 0.15) is 11.1 Å². The van der Waals surface area contributed by atoms with Crippen molar-refractivity contribution in [1.82, 2.24) is 20.7 Å². The third kappa shape index (κ3) is 7.88. The molecule has 0 spiro atoms. The molecule has 0 bridgehead atoms. The average molecular weight is 422 g/mol. The number of benzene rings is 2. The van der Waals surface area contributed by atoms with E-state index in [0.29, 0.717) is 5.56 Å². The van der Waals surface area contributed by atoms with Crippen molar-refractivity contribution in [1.29, 1.82) is 0 Å².